The second-order valence-electron chi connectivity index (χ2n) is 4.66. The Labute approximate surface area is 95.1 Å². The zero-order chi connectivity index (χ0) is 11.8. The molecule has 1 atom stereocenters. The van der Waals surface area contributed by atoms with Gasteiger partial charge < -0.3 is 15.0 Å². The average Bonchev–Trinajstić information content (AvgIpc) is 2.22. The quantitative estimate of drug-likeness (QED) is 0.731. The van der Waals surface area contributed by atoms with Gasteiger partial charge in [-0.25, -0.2) is 0 Å². The first-order valence-corrected chi connectivity index (χ1v) is 5.70. The highest BCUT2D eigenvalue weighted by Gasteiger charge is 2.43. The van der Waals surface area contributed by atoms with Gasteiger partial charge in [0.25, 0.3) is 0 Å². The van der Waals surface area contributed by atoms with E-state index >= 15 is 0 Å². The van der Waals surface area contributed by atoms with Gasteiger partial charge in [0.2, 0.25) is 11.8 Å². The van der Waals surface area contributed by atoms with Crippen molar-refractivity contribution in [1.82, 2.24) is 10.2 Å². The zero-order valence-electron chi connectivity index (χ0n) is 9.78. The van der Waals surface area contributed by atoms with Crippen LogP contribution in [0.15, 0.2) is 0 Å². The lowest BCUT2D eigenvalue weighted by Gasteiger charge is -2.46. The normalized spacial score (nSPS) is 28.6. The van der Waals surface area contributed by atoms with Gasteiger partial charge in [0.05, 0.1) is 18.7 Å². The molecule has 2 rings (SSSR count). The number of nitrogens with one attached hydrogen (secondary N) is 1. The van der Waals surface area contributed by atoms with Crippen LogP contribution in [0.4, 0.5) is 0 Å². The van der Waals surface area contributed by atoms with Gasteiger partial charge in [-0.15, -0.1) is 0 Å². The molecule has 2 amide bonds. The van der Waals surface area contributed by atoms with Gasteiger partial charge in [-0.2, -0.15) is 0 Å². The summed E-state index contributed by atoms with van der Waals surface area (Å²) in [5.74, 6) is -0.0967. The number of hydrogen-bond acceptors (Lipinski definition) is 3. The van der Waals surface area contributed by atoms with Crippen LogP contribution in [-0.4, -0.2) is 48.6 Å². The summed E-state index contributed by atoms with van der Waals surface area (Å²) in [5.41, 5.74) is -0.207. The molecule has 0 radical (unpaired) electrons. The van der Waals surface area contributed by atoms with Gasteiger partial charge in [0.15, 0.2) is 0 Å². The van der Waals surface area contributed by atoms with Gasteiger partial charge >= 0.3 is 0 Å². The van der Waals surface area contributed by atoms with E-state index in [0.29, 0.717) is 6.54 Å². The van der Waals surface area contributed by atoms with E-state index in [4.69, 9.17) is 4.74 Å². The fourth-order valence-electron chi connectivity index (χ4n) is 2.30. The molecular weight excluding hydrogens is 208 g/mol. The summed E-state index contributed by atoms with van der Waals surface area (Å²) >= 11 is 0. The molecule has 1 aliphatic heterocycles. The molecule has 1 aliphatic carbocycles. The first-order chi connectivity index (χ1) is 7.58. The second-order valence-corrected chi connectivity index (χ2v) is 4.66. The predicted octanol–water partition coefficient (Wildman–Crippen LogP) is -0.0976. The van der Waals surface area contributed by atoms with Crippen molar-refractivity contribution in [3.8, 4) is 0 Å². The SMILES string of the molecule is COC1(CN2C(=O)CNC(=O)C2C)CCC1. The van der Waals surface area contributed by atoms with Crippen molar-refractivity contribution in [1.29, 1.82) is 0 Å². The average molecular weight is 226 g/mol. The second kappa shape index (κ2) is 4.05. The van der Waals surface area contributed by atoms with E-state index in [1.54, 1.807) is 18.9 Å². The van der Waals surface area contributed by atoms with Crippen LogP contribution in [0.2, 0.25) is 0 Å². The Morgan fingerprint density at radius 2 is 2.19 bits per heavy atom. The molecule has 1 unspecified atom stereocenters. The number of rotatable bonds is 3. The van der Waals surface area contributed by atoms with Crippen molar-refractivity contribution < 1.29 is 14.3 Å². The van der Waals surface area contributed by atoms with Crippen molar-refractivity contribution >= 4 is 11.8 Å². The van der Waals surface area contributed by atoms with Crippen molar-refractivity contribution in [3.63, 3.8) is 0 Å². The summed E-state index contributed by atoms with van der Waals surface area (Å²) in [4.78, 5) is 24.9. The molecule has 0 aromatic rings. The summed E-state index contributed by atoms with van der Waals surface area (Å²) in [6.07, 6.45) is 3.08. The fourth-order valence-corrected chi connectivity index (χ4v) is 2.30. The van der Waals surface area contributed by atoms with Crippen LogP contribution in [0.5, 0.6) is 0 Å². The number of piperazine rings is 1. The van der Waals surface area contributed by atoms with Crippen LogP contribution in [-0.2, 0) is 14.3 Å². The summed E-state index contributed by atoms with van der Waals surface area (Å²) in [7, 11) is 1.68. The van der Waals surface area contributed by atoms with Gasteiger partial charge in [-0.3, -0.25) is 9.59 Å². The van der Waals surface area contributed by atoms with Crippen LogP contribution in [0.1, 0.15) is 26.2 Å². The maximum Gasteiger partial charge on any atom is 0.242 e. The highest BCUT2D eigenvalue weighted by Crippen LogP contribution is 2.36. The first-order valence-electron chi connectivity index (χ1n) is 5.70. The van der Waals surface area contributed by atoms with E-state index in [2.05, 4.69) is 5.32 Å². The monoisotopic (exact) mass is 226 g/mol. The van der Waals surface area contributed by atoms with Crippen LogP contribution < -0.4 is 5.32 Å². The molecule has 0 aromatic carbocycles. The van der Waals surface area contributed by atoms with Gasteiger partial charge in [-0.05, 0) is 26.2 Å². The highest BCUT2D eigenvalue weighted by molar-refractivity contribution is 5.94. The van der Waals surface area contributed by atoms with Crippen molar-refractivity contribution in [2.45, 2.75) is 37.8 Å². The molecule has 0 aromatic heterocycles. The van der Waals surface area contributed by atoms with E-state index in [1.807, 2.05) is 0 Å². The third-order valence-corrected chi connectivity index (χ3v) is 3.74. The molecule has 90 valence electrons. The molecule has 1 saturated heterocycles. The minimum absolute atomic E-state index is 0.0181. The van der Waals surface area contributed by atoms with E-state index in [1.165, 1.54) is 0 Å². The molecule has 16 heavy (non-hydrogen) atoms. The Kier molecular flexibility index (Phi) is 2.88. The number of hydrogen-bond donors (Lipinski definition) is 1. The van der Waals surface area contributed by atoms with Crippen LogP contribution >= 0.6 is 0 Å². The summed E-state index contributed by atoms with van der Waals surface area (Å²) in [5, 5.41) is 2.58. The number of carbonyl (C=O) groups is 2. The van der Waals surface area contributed by atoms with Crippen LogP contribution in [0, 0.1) is 0 Å². The lowest BCUT2D eigenvalue weighted by Crippen LogP contribution is -2.62. The van der Waals surface area contributed by atoms with Crippen LogP contribution in [0.25, 0.3) is 0 Å². The maximum absolute atomic E-state index is 11.7. The first kappa shape index (κ1) is 11.4. The van der Waals surface area contributed by atoms with E-state index < -0.39 is 0 Å². The smallest absolute Gasteiger partial charge is 0.242 e. The molecule has 1 saturated carbocycles. The van der Waals surface area contributed by atoms with Gasteiger partial charge in [-0.1, -0.05) is 0 Å². The predicted molar refractivity (Wildman–Crippen MR) is 57.8 cm³/mol. The molecule has 0 bridgehead atoms. The molecule has 1 N–H and O–H groups in total. The highest BCUT2D eigenvalue weighted by atomic mass is 16.5. The fraction of sp³-hybridized carbons (Fsp3) is 0.818. The Hall–Kier alpha value is -1.10. The third-order valence-electron chi connectivity index (χ3n) is 3.74. The maximum atomic E-state index is 11.7. The summed E-state index contributed by atoms with van der Waals surface area (Å²) in [6.45, 7) is 2.41. The van der Waals surface area contributed by atoms with Crippen LogP contribution in [0.3, 0.4) is 0 Å². The lowest BCUT2D eigenvalue weighted by molar-refractivity contribution is -0.154. The van der Waals surface area contributed by atoms with Gasteiger partial charge in [0.1, 0.15) is 6.04 Å². The largest absolute Gasteiger partial charge is 0.376 e. The number of ether oxygens (including phenoxy) is 1. The van der Waals surface area contributed by atoms with Crippen molar-refractivity contribution in [2.24, 2.45) is 0 Å². The lowest BCUT2D eigenvalue weighted by atomic mass is 9.79. The van der Waals surface area contributed by atoms with E-state index in [9.17, 15) is 9.59 Å². The summed E-state index contributed by atoms with van der Waals surface area (Å²) in [6, 6.07) is -0.381. The number of nitrogens with zero attached hydrogens (tertiary/aromatic N) is 1. The Balaban J connectivity index is 2.06. The minimum Gasteiger partial charge on any atom is -0.376 e. The van der Waals surface area contributed by atoms with E-state index in [-0.39, 0.29) is 30.0 Å². The molecule has 2 aliphatic rings. The minimum atomic E-state index is -0.381. The number of amides is 2. The molecular formula is C11H18N2O3. The Morgan fingerprint density at radius 3 is 2.69 bits per heavy atom. The van der Waals surface area contributed by atoms with Gasteiger partial charge in [0, 0.05) is 7.11 Å². The third kappa shape index (κ3) is 1.80. The standard InChI is InChI=1S/C11H18N2O3/c1-8-10(15)12-6-9(14)13(8)7-11(16-2)4-3-5-11/h8H,3-7H2,1-2H3,(H,12,15). The molecule has 0 spiro atoms. The number of methoxy groups -OCH3 is 1. The van der Waals surface area contributed by atoms with E-state index in [0.717, 1.165) is 19.3 Å². The Bertz CT molecular complexity index is 307. The molecule has 5 heteroatoms. The Morgan fingerprint density at radius 1 is 1.50 bits per heavy atom. The molecule has 1 heterocycles. The molecule has 5 nitrogen and oxygen atoms in total. The van der Waals surface area contributed by atoms with Crippen molar-refractivity contribution in [2.75, 3.05) is 20.2 Å². The topological polar surface area (TPSA) is 58.6 Å². The summed E-state index contributed by atoms with van der Waals surface area (Å²) < 4.78 is 5.48. The number of carbonyl (C=O) groups excluding carboxylic acids is 2. The van der Waals surface area contributed by atoms with Crippen molar-refractivity contribution in [3.05, 3.63) is 0 Å². The zero-order valence-corrected chi connectivity index (χ0v) is 9.78. The molecule has 2 fully saturated rings.